The van der Waals surface area contributed by atoms with Gasteiger partial charge in [0.05, 0.1) is 11.6 Å². The van der Waals surface area contributed by atoms with Crippen LogP contribution in [0, 0.1) is 13.8 Å². The van der Waals surface area contributed by atoms with Crippen LogP contribution in [0.3, 0.4) is 0 Å². The van der Waals surface area contributed by atoms with Crippen molar-refractivity contribution in [3.8, 4) is 11.5 Å². The van der Waals surface area contributed by atoms with Crippen molar-refractivity contribution >= 4 is 11.6 Å². The standard InChI is InChI=1S/C16H19N3O3/c1-9(15-10(2)18-19-11(15)3)16(20)17-12-4-5-13-14(8-12)22-7-6-21-13/h4-5,8-9H,6-7H2,1-3H3,(H,17,20)(H,18,19). The molecule has 116 valence electrons. The number of aromatic nitrogens is 2. The summed E-state index contributed by atoms with van der Waals surface area (Å²) in [7, 11) is 0. The number of carbonyl (C=O) groups excluding carboxylic acids is 1. The number of hydrogen-bond acceptors (Lipinski definition) is 4. The average molecular weight is 301 g/mol. The van der Waals surface area contributed by atoms with Crippen LogP contribution in [0.15, 0.2) is 18.2 Å². The molecule has 0 radical (unpaired) electrons. The maximum absolute atomic E-state index is 12.5. The maximum atomic E-state index is 12.5. The van der Waals surface area contributed by atoms with Crippen LogP contribution in [0.2, 0.25) is 0 Å². The van der Waals surface area contributed by atoms with E-state index in [9.17, 15) is 4.79 Å². The first-order valence-corrected chi connectivity index (χ1v) is 7.28. The van der Waals surface area contributed by atoms with Crippen molar-refractivity contribution in [1.82, 2.24) is 10.2 Å². The number of aryl methyl sites for hydroxylation is 2. The van der Waals surface area contributed by atoms with E-state index in [1.807, 2.05) is 32.9 Å². The molecule has 2 heterocycles. The predicted octanol–water partition coefficient (Wildman–Crippen LogP) is 2.54. The van der Waals surface area contributed by atoms with Crippen molar-refractivity contribution < 1.29 is 14.3 Å². The van der Waals surface area contributed by atoms with Gasteiger partial charge in [-0.3, -0.25) is 9.89 Å². The summed E-state index contributed by atoms with van der Waals surface area (Å²) in [5.74, 6) is 1.00. The maximum Gasteiger partial charge on any atom is 0.231 e. The van der Waals surface area contributed by atoms with Gasteiger partial charge < -0.3 is 14.8 Å². The Balaban J connectivity index is 1.77. The number of ether oxygens (including phenoxy) is 2. The van der Waals surface area contributed by atoms with E-state index in [1.165, 1.54) is 0 Å². The fraction of sp³-hybridized carbons (Fsp3) is 0.375. The van der Waals surface area contributed by atoms with Crippen LogP contribution in [0.5, 0.6) is 11.5 Å². The molecular weight excluding hydrogens is 282 g/mol. The zero-order valence-electron chi connectivity index (χ0n) is 12.9. The van der Waals surface area contributed by atoms with E-state index < -0.39 is 0 Å². The highest BCUT2D eigenvalue weighted by Crippen LogP contribution is 2.33. The molecule has 1 aromatic heterocycles. The molecule has 0 fully saturated rings. The summed E-state index contributed by atoms with van der Waals surface area (Å²) >= 11 is 0. The molecule has 6 nitrogen and oxygen atoms in total. The highest BCUT2D eigenvalue weighted by Gasteiger charge is 2.22. The lowest BCUT2D eigenvalue weighted by Gasteiger charge is -2.19. The van der Waals surface area contributed by atoms with Gasteiger partial charge in [-0.05, 0) is 32.9 Å². The van der Waals surface area contributed by atoms with Crippen molar-refractivity contribution in [1.29, 1.82) is 0 Å². The monoisotopic (exact) mass is 301 g/mol. The highest BCUT2D eigenvalue weighted by molar-refractivity contribution is 5.96. The number of nitrogens with one attached hydrogen (secondary N) is 2. The minimum absolute atomic E-state index is 0.0794. The molecule has 0 bridgehead atoms. The number of H-pyrrole nitrogens is 1. The van der Waals surface area contributed by atoms with Gasteiger partial charge in [0, 0.05) is 23.0 Å². The molecule has 1 aliphatic heterocycles. The predicted molar refractivity (Wildman–Crippen MR) is 82.5 cm³/mol. The minimum atomic E-state index is -0.285. The summed E-state index contributed by atoms with van der Waals surface area (Å²) in [6.07, 6.45) is 0. The van der Waals surface area contributed by atoms with E-state index in [-0.39, 0.29) is 11.8 Å². The summed E-state index contributed by atoms with van der Waals surface area (Å²) in [6.45, 7) is 6.76. The second-order valence-corrected chi connectivity index (χ2v) is 5.42. The largest absolute Gasteiger partial charge is 0.486 e. The quantitative estimate of drug-likeness (QED) is 0.913. The lowest BCUT2D eigenvalue weighted by atomic mass is 9.98. The van der Waals surface area contributed by atoms with Gasteiger partial charge in [0.25, 0.3) is 0 Å². The molecule has 1 aliphatic rings. The van der Waals surface area contributed by atoms with Crippen LogP contribution in [-0.4, -0.2) is 29.3 Å². The summed E-state index contributed by atoms with van der Waals surface area (Å²) in [4.78, 5) is 12.5. The van der Waals surface area contributed by atoms with Crippen molar-refractivity contribution in [3.63, 3.8) is 0 Å². The second-order valence-electron chi connectivity index (χ2n) is 5.42. The third kappa shape index (κ3) is 2.64. The van der Waals surface area contributed by atoms with E-state index in [2.05, 4.69) is 15.5 Å². The molecule has 22 heavy (non-hydrogen) atoms. The molecule has 2 N–H and O–H groups in total. The topological polar surface area (TPSA) is 76.2 Å². The van der Waals surface area contributed by atoms with Crippen LogP contribution in [0.25, 0.3) is 0 Å². The SMILES string of the molecule is Cc1n[nH]c(C)c1C(C)C(=O)Nc1ccc2c(c1)OCCO2. The molecule has 3 rings (SSSR count). The van der Waals surface area contributed by atoms with E-state index >= 15 is 0 Å². The van der Waals surface area contributed by atoms with Crippen LogP contribution in [0.4, 0.5) is 5.69 Å². The van der Waals surface area contributed by atoms with Gasteiger partial charge in [-0.15, -0.1) is 0 Å². The fourth-order valence-corrected chi connectivity index (χ4v) is 2.70. The Morgan fingerprint density at radius 1 is 1.27 bits per heavy atom. The van der Waals surface area contributed by atoms with E-state index in [1.54, 1.807) is 6.07 Å². The molecule has 0 spiro atoms. The van der Waals surface area contributed by atoms with Gasteiger partial charge in [0.1, 0.15) is 13.2 Å². The first kappa shape index (κ1) is 14.4. The Kier molecular flexibility index (Phi) is 3.75. The molecule has 0 saturated heterocycles. The van der Waals surface area contributed by atoms with Gasteiger partial charge >= 0.3 is 0 Å². The van der Waals surface area contributed by atoms with E-state index in [4.69, 9.17) is 9.47 Å². The number of hydrogen-bond donors (Lipinski definition) is 2. The Morgan fingerprint density at radius 2 is 2.00 bits per heavy atom. The smallest absolute Gasteiger partial charge is 0.231 e. The summed E-state index contributed by atoms with van der Waals surface area (Å²) in [5, 5.41) is 9.97. The Labute approximate surface area is 128 Å². The molecule has 1 aromatic carbocycles. The Morgan fingerprint density at radius 3 is 2.68 bits per heavy atom. The second kappa shape index (κ2) is 5.71. The highest BCUT2D eigenvalue weighted by atomic mass is 16.6. The first-order chi connectivity index (χ1) is 10.6. The lowest BCUT2D eigenvalue weighted by Crippen LogP contribution is -2.20. The van der Waals surface area contributed by atoms with Gasteiger partial charge in [-0.2, -0.15) is 5.10 Å². The molecule has 0 saturated carbocycles. The van der Waals surface area contributed by atoms with Gasteiger partial charge in [-0.1, -0.05) is 0 Å². The summed E-state index contributed by atoms with van der Waals surface area (Å²) in [6, 6.07) is 5.41. The zero-order valence-corrected chi connectivity index (χ0v) is 12.9. The number of rotatable bonds is 3. The number of carbonyl (C=O) groups is 1. The third-order valence-electron chi connectivity index (χ3n) is 3.82. The molecule has 2 aromatic rings. The molecule has 1 unspecified atom stereocenters. The number of aromatic amines is 1. The number of anilines is 1. The van der Waals surface area contributed by atoms with Gasteiger partial charge in [-0.25, -0.2) is 0 Å². The Bertz CT molecular complexity index is 689. The summed E-state index contributed by atoms with van der Waals surface area (Å²) < 4.78 is 11.0. The fourth-order valence-electron chi connectivity index (χ4n) is 2.70. The number of fused-ring (bicyclic) bond motifs is 1. The van der Waals surface area contributed by atoms with Crippen LogP contribution >= 0.6 is 0 Å². The molecule has 6 heteroatoms. The lowest BCUT2D eigenvalue weighted by molar-refractivity contribution is -0.117. The molecule has 1 amide bonds. The molecule has 0 aliphatic carbocycles. The third-order valence-corrected chi connectivity index (χ3v) is 3.82. The van der Waals surface area contributed by atoms with Crippen LogP contribution in [0.1, 0.15) is 29.8 Å². The van der Waals surface area contributed by atoms with Crippen LogP contribution in [-0.2, 0) is 4.79 Å². The molecule has 1 atom stereocenters. The number of benzene rings is 1. The average Bonchev–Trinajstić information content (AvgIpc) is 2.85. The van der Waals surface area contributed by atoms with Gasteiger partial charge in [0.2, 0.25) is 5.91 Å². The van der Waals surface area contributed by atoms with E-state index in [0.29, 0.717) is 30.4 Å². The van der Waals surface area contributed by atoms with E-state index in [0.717, 1.165) is 17.0 Å². The van der Waals surface area contributed by atoms with Gasteiger partial charge in [0.15, 0.2) is 11.5 Å². The number of amides is 1. The first-order valence-electron chi connectivity index (χ1n) is 7.28. The Hall–Kier alpha value is -2.50. The zero-order chi connectivity index (χ0) is 15.7. The normalized spacial score (nSPS) is 14.5. The van der Waals surface area contributed by atoms with Crippen molar-refractivity contribution in [2.75, 3.05) is 18.5 Å². The van der Waals surface area contributed by atoms with Crippen molar-refractivity contribution in [3.05, 3.63) is 35.2 Å². The number of nitrogens with zero attached hydrogens (tertiary/aromatic N) is 1. The van der Waals surface area contributed by atoms with Crippen molar-refractivity contribution in [2.24, 2.45) is 0 Å². The minimum Gasteiger partial charge on any atom is -0.486 e. The van der Waals surface area contributed by atoms with Crippen LogP contribution < -0.4 is 14.8 Å². The summed E-state index contributed by atoms with van der Waals surface area (Å²) in [5.41, 5.74) is 3.40. The van der Waals surface area contributed by atoms with Crippen molar-refractivity contribution in [2.45, 2.75) is 26.7 Å². The molecular formula is C16H19N3O3.